The van der Waals surface area contributed by atoms with Gasteiger partial charge in [-0.15, -0.1) is 16.9 Å². The van der Waals surface area contributed by atoms with Crippen LogP contribution >= 0.6 is 23.4 Å². The average molecular weight is 502 g/mol. The molecule has 1 aromatic heterocycles. The molecule has 1 saturated heterocycles. The Morgan fingerprint density at radius 1 is 1.06 bits per heavy atom. The first-order valence-electron chi connectivity index (χ1n) is 9.83. The van der Waals surface area contributed by atoms with Crippen LogP contribution in [0.3, 0.4) is 0 Å². The van der Waals surface area contributed by atoms with Crippen molar-refractivity contribution in [2.45, 2.75) is 35.5 Å². The highest BCUT2D eigenvalue weighted by atomic mass is 35.5. The maximum atomic E-state index is 13.6. The first-order chi connectivity index (χ1) is 15.8. The molecule has 12 heteroatoms. The molecule has 0 saturated carbocycles. The van der Waals surface area contributed by atoms with Gasteiger partial charge in [-0.05, 0) is 29.8 Å². The molecule has 3 aromatic rings. The van der Waals surface area contributed by atoms with Crippen LogP contribution in [0.4, 0.5) is 13.2 Å². The second-order valence-corrected chi connectivity index (χ2v) is 9.00. The summed E-state index contributed by atoms with van der Waals surface area (Å²) in [4.78, 5) is 0. The molecule has 33 heavy (non-hydrogen) atoms. The lowest BCUT2D eigenvalue weighted by atomic mass is 9.97. The number of nitrogens with zero attached hydrogens (tertiary/aromatic N) is 3. The molecule has 1 aliphatic heterocycles. The van der Waals surface area contributed by atoms with Crippen molar-refractivity contribution in [2.24, 2.45) is 0 Å². The third kappa shape index (κ3) is 5.03. The van der Waals surface area contributed by atoms with Gasteiger partial charge in [-0.3, -0.25) is 0 Å². The smallest absolute Gasteiger partial charge is 0.194 e. The van der Waals surface area contributed by atoms with Crippen molar-refractivity contribution in [1.29, 1.82) is 0 Å². The highest BCUT2D eigenvalue weighted by molar-refractivity contribution is 7.99. The Balaban J connectivity index is 1.57. The Bertz CT molecular complexity index is 1100. The molecular formula is C21H19ClF3N3O4S. The lowest BCUT2D eigenvalue weighted by Crippen LogP contribution is -2.55. The summed E-state index contributed by atoms with van der Waals surface area (Å²) >= 11 is 7.15. The van der Waals surface area contributed by atoms with E-state index in [0.717, 1.165) is 22.4 Å². The van der Waals surface area contributed by atoms with Gasteiger partial charge in [-0.25, -0.2) is 17.9 Å². The van der Waals surface area contributed by atoms with E-state index in [4.69, 9.17) is 16.3 Å². The summed E-state index contributed by atoms with van der Waals surface area (Å²) in [5.74, 6) is -3.92. The summed E-state index contributed by atoms with van der Waals surface area (Å²) in [5.41, 5.74) is 0.0251. The van der Waals surface area contributed by atoms with Crippen LogP contribution in [0.5, 0.6) is 0 Å². The number of hydrogen-bond acceptors (Lipinski definition) is 7. The Morgan fingerprint density at radius 3 is 2.36 bits per heavy atom. The molecule has 0 amide bonds. The van der Waals surface area contributed by atoms with Gasteiger partial charge in [0.1, 0.15) is 35.5 Å². The molecule has 1 fully saturated rings. The van der Waals surface area contributed by atoms with Gasteiger partial charge < -0.3 is 20.1 Å². The average Bonchev–Trinajstić information content (AvgIpc) is 3.27. The molecule has 0 aliphatic carbocycles. The van der Waals surface area contributed by atoms with E-state index in [9.17, 15) is 28.5 Å². The van der Waals surface area contributed by atoms with Gasteiger partial charge in [0.05, 0.1) is 12.8 Å². The van der Waals surface area contributed by atoms with Crippen molar-refractivity contribution in [3.8, 4) is 11.3 Å². The Hall–Kier alpha value is -2.15. The van der Waals surface area contributed by atoms with Crippen LogP contribution in [-0.2, 0) is 10.5 Å². The largest absolute Gasteiger partial charge is 0.394 e. The fraction of sp³-hybridized carbons (Fsp3) is 0.333. The molecule has 3 N–H and O–H groups in total. The van der Waals surface area contributed by atoms with Crippen LogP contribution in [0.2, 0.25) is 5.02 Å². The van der Waals surface area contributed by atoms with E-state index in [2.05, 4.69) is 10.3 Å². The third-order valence-corrected chi connectivity index (χ3v) is 6.74. The van der Waals surface area contributed by atoms with Gasteiger partial charge >= 0.3 is 0 Å². The normalized spacial score (nSPS) is 25.4. The van der Waals surface area contributed by atoms with Crippen LogP contribution in [-0.4, -0.2) is 60.7 Å². The molecule has 0 bridgehead atoms. The lowest BCUT2D eigenvalue weighted by Gasteiger charge is -2.41. The van der Waals surface area contributed by atoms with E-state index in [-0.39, 0.29) is 11.3 Å². The van der Waals surface area contributed by atoms with Crippen LogP contribution < -0.4 is 0 Å². The topological polar surface area (TPSA) is 101 Å². The SMILES string of the molecule is OCC1O[C@H](SCc2ccc(Cl)cc2)C(O)C(n2cc(-c3cc(F)c(F)c(F)c3)nn2)[C@H]1O. The van der Waals surface area contributed by atoms with Crippen LogP contribution in [0, 0.1) is 17.5 Å². The lowest BCUT2D eigenvalue weighted by molar-refractivity contribution is -0.178. The minimum atomic E-state index is -1.60. The molecule has 4 rings (SSSR count). The quantitative estimate of drug-likeness (QED) is 0.446. The molecule has 1 aliphatic rings. The molecule has 5 atom stereocenters. The van der Waals surface area contributed by atoms with Crippen LogP contribution in [0.25, 0.3) is 11.3 Å². The van der Waals surface area contributed by atoms with E-state index in [0.29, 0.717) is 10.8 Å². The van der Waals surface area contributed by atoms with E-state index < -0.39 is 53.8 Å². The van der Waals surface area contributed by atoms with Gasteiger partial charge in [0, 0.05) is 16.3 Å². The van der Waals surface area contributed by atoms with Crippen molar-refractivity contribution in [3.63, 3.8) is 0 Å². The molecule has 3 unspecified atom stereocenters. The summed E-state index contributed by atoms with van der Waals surface area (Å²) in [5, 5.41) is 39.5. The highest BCUT2D eigenvalue weighted by Gasteiger charge is 2.46. The second-order valence-electron chi connectivity index (χ2n) is 7.47. The number of aliphatic hydroxyl groups is 3. The van der Waals surface area contributed by atoms with E-state index in [1.165, 1.54) is 18.0 Å². The molecule has 2 heterocycles. The monoisotopic (exact) mass is 501 g/mol. The van der Waals surface area contributed by atoms with E-state index in [1.54, 1.807) is 12.1 Å². The van der Waals surface area contributed by atoms with Crippen molar-refractivity contribution < 1.29 is 33.2 Å². The Kier molecular flexibility index (Phi) is 7.27. The van der Waals surface area contributed by atoms with Crippen molar-refractivity contribution in [1.82, 2.24) is 15.0 Å². The van der Waals surface area contributed by atoms with E-state index >= 15 is 0 Å². The number of benzene rings is 2. The number of ether oxygens (including phenoxy) is 1. The fourth-order valence-corrected chi connectivity index (χ4v) is 4.79. The minimum absolute atomic E-state index is 0.00427. The molecule has 0 radical (unpaired) electrons. The summed E-state index contributed by atoms with van der Waals surface area (Å²) in [6.07, 6.45) is -2.37. The number of aliphatic hydroxyl groups excluding tert-OH is 3. The molecule has 176 valence electrons. The minimum Gasteiger partial charge on any atom is -0.394 e. The zero-order chi connectivity index (χ0) is 23.7. The standard InChI is InChI=1S/C21H19ClF3N3O4S/c22-12-3-1-10(2-4-12)9-33-21-20(31)18(19(30)16(8-29)32-21)28-7-15(26-27-28)11-5-13(23)17(25)14(24)6-11/h1-7,16,18-21,29-31H,8-9H2/t16?,18?,19-,20?,21+/m0/s1. The maximum Gasteiger partial charge on any atom is 0.194 e. The van der Waals surface area contributed by atoms with E-state index in [1.807, 2.05) is 12.1 Å². The first-order valence-corrected chi connectivity index (χ1v) is 11.3. The van der Waals surface area contributed by atoms with Gasteiger partial charge in [0.2, 0.25) is 0 Å². The molecule has 0 spiro atoms. The zero-order valence-corrected chi connectivity index (χ0v) is 18.4. The summed E-state index contributed by atoms with van der Waals surface area (Å²) < 4.78 is 47.3. The Morgan fingerprint density at radius 2 is 1.73 bits per heavy atom. The summed E-state index contributed by atoms with van der Waals surface area (Å²) in [6, 6.07) is 7.58. The van der Waals surface area contributed by atoms with Gasteiger partial charge in [-0.1, -0.05) is 28.9 Å². The Labute approximate surface area is 195 Å². The predicted octanol–water partition coefficient (Wildman–Crippen LogP) is 2.93. The molecule has 2 aromatic carbocycles. The highest BCUT2D eigenvalue weighted by Crippen LogP contribution is 2.36. The number of hydrogen-bond donors (Lipinski definition) is 3. The zero-order valence-electron chi connectivity index (χ0n) is 16.9. The molecule has 7 nitrogen and oxygen atoms in total. The third-order valence-electron chi connectivity index (χ3n) is 5.27. The number of rotatable bonds is 6. The van der Waals surface area contributed by atoms with Gasteiger partial charge in [-0.2, -0.15) is 0 Å². The molecular weight excluding hydrogens is 483 g/mol. The van der Waals surface area contributed by atoms with Gasteiger partial charge in [0.25, 0.3) is 0 Å². The second kappa shape index (κ2) is 10.00. The van der Waals surface area contributed by atoms with Crippen molar-refractivity contribution in [2.75, 3.05) is 6.61 Å². The predicted molar refractivity (Wildman–Crippen MR) is 115 cm³/mol. The van der Waals surface area contributed by atoms with Crippen LogP contribution in [0.15, 0.2) is 42.6 Å². The summed E-state index contributed by atoms with van der Waals surface area (Å²) in [7, 11) is 0. The first kappa shape index (κ1) is 24.0. The van der Waals surface area contributed by atoms with Crippen molar-refractivity contribution >= 4 is 23.4 Å². The van der Waals surface area contributed by atoms with Crippen LogP contribution in [0.1, 0.15) is 11.6 Å². The number of halogens is 4. The van der Waals surface area contributed by atoms with Gasteiger partial charge in [0.15, 0.2) is 17.5 Å². The number of thioether (sulfide) groups is 1. The van der Waals surface area contributed by atoms with Crippen molar-refractivity contribution in [3.05, 3.63) is 70.6 Å². The number of aromatic nitrogens is 3. The fourth-order valence-electron chi connectivity index (χ4n) is 3.54. The maximum absolute atomic E-state index is 13.6. The summed E-state index contributed by atoms with van der Waals surface area (Å²) in [6.45, 7) is -0.516.